The zero-order valence-electron chi connectivity index (χ0n) is 16.0. The van der Waals surface area contributed by atoms with Crippen LogP contribution in [-0.2, 0) is 9.53 Å². The molecule has 1 aliphatic carbocycles. The van der Waals surface area contributed by atoms with Gasteiger partial charge in [-0.25, -0.2) is 0 Å². The SMILES string of the molecule is CCCCCCCCCCCCC1CCC(OC(=O)C(C)Br)CC1. The van der Waals surface area contributed by atoms with Crippen LogP contribution >= 0.6 is 15.9 Å². The third-order valence-electron chi connectivity index (χ3n) is 5.37. The lowest BCUT2D eigenvalue weighted by Crippen LogP contribution is -2.27. The number of carbonyl (C=O) groups excluding carboxylic acids is 1. The van der Waals surface area contributed by atoms with Gasteiger partial charge in [0, 0.05) is 0 Å². The summed E-state index contributed by atoms with van der Waals surface area (Å²) in [4.78, 5) is 11.4. The van der Waals surface area contributed by atoms with E-state index in [1.165, 1.54) is 83.5 Å². The molecule has 1 atom stereocenters. The number of hydrogen-bond donors (Lipinski definition) is 0. The largest absolute Gasteiger partial charge is 0.462 e. The first-order valence-corrected chi connectivity index (χ1v) is 11.4. The van der Waals surface area contributed by atoms with E-state index in [4.69, 9.17) is 4.74 Å². The highest BCUT2D eigenvalue weighted by atomic mass is 79.9. The molecule has 24 heavy (non-hydrogen) atoms. The molecule has 1 saturated carbocycles. The van der Waals surface area contributed by atoms with Gasteiger partial charge in [-0.1, -0.05) is 93.5 Å². The predicted molar refractivity (Wildman–Crippen MR) is 107 cm³/mol. The van der Waals surface area contributed by atoms with Gasteiger partial charge in [-0.05, 0) is 38.5 Å². The van der Waals surface area contributed by atoms with Crippen molar-refractivity contribution in [3.63, 3.8) is 0 Å². The normalized spacial score (nSPS) is 22.3. The van der Waals surface area contributed by atoms with Crippen molar-refractivity contribution < 1.29 is 9.53 Å². The Kier molecular flexibility index (Phi) is 13.0. The Labute approximate surface area is 158 Å². The Hall–Kier alpha value is -0.0500. The van der Waals surface area contributed by atoms with Crippen LogP contribution in [0.5, 0.6) is 0 Å². The maximum Gasteiger partial charge on any atom is 0.319 e. The van der Waals surface area contributed by atoms with Crippen LogP contribution in [0.25, 0.3) is 0 Å². The molecule has 0 saturated heterocycles. The van der Waals surface area contributed by atoms with Gasteiger partial charge in [0.1, 0.15) is 10.9 Å². The summed E-state index contributed by atoms with van der Waals surface area (Å²) in [5.74, 6) is 0.767. The number of hydrogen-bond acceptors (Lipinski definition) is 2. The highest BCUT2D eigenvalue weighted by Crippen LogP contribution is 2.30. The molecule has 0 heterocycles. The van der Waals surface area contributed by atoms with E-state index in [0.29, 0.717) is 0 Å². The third-order valence-corrected chi connectivity index (χ3v) is 5.74. The van der Waals surface area contributed by atoms with Gasteiger partial charge in [0.2, 0.25) is 0 Å². The van der Waals surface area contributed by atoms with Gasteiger partial charge in [-0.15, -0.1) is 0 Å². The summed E-state index contributed by atoms with van der Waals surface area (Å²) >= 11 is 3.28. The lowest BCUT2D eigenvalue weighted by Gasteiger charge is -2.28. The predicted octanol–water partition coefficient (Wildman–Crippen LogP) is 7.18. The molecular weight excluding hydrogens is 364 g/mol. The van der Waals surface area contributed by atoms with Gasteiger partial charge in [-0.2, -0.15) is 0 Å². The van der Waals surface area contributed by atoms with Crippen LogP contribution in [0.3, 0.4) is 0 Å². The van der Waals surface area contributed by atoms with Crippen molar-refractivity contribution in [3.05, 3.63) is 0 Å². The van der Waals surface area contributed by atoms with Crippen molar-refractivity contribution in [2.24, 2.45) is 5.92 Å². The fraction of sp³-hybridized carbons (Fsp3) is 0.952. The van der Waals surface area contributed by atoms with Gasteiger partial charge in [0.25, 0.3) is 0 Å². The lowest BCUT2D eigenvalue weighted by molar-refractivity contribution is -0.149. The number of unbranched alkanes of at least 4 members (excludes halogenated alkanes) is 9. The van der Waals surface area contributed by atoms with Crippen LogP contribution in [0.2, 0.25) is 0 Å². The maximum absolute atomic E-state index is 11.6. The number of alkyl halides is 1. The molecule has 0 aliphatic heterocycles. The van der Waals surface area contributed by atoms with Gasteiger partial charge >= 0.3 is 5.97 Å². The minimum atomic E-state index is -0.179. The van der Waals surface area contributed by atoms with E-state index in [9.17, 15) is 4.79 Å². The Bertz CT molecular complexity index is 309. The molecule has 0 spiro atoms. The number of halogens is 1. The second kappa shape index (κ2) is 14.2. The Morgan fingerprint density at radius 1 is 0.917 bits per heavy atom. The molecule has 1 aliphatic rings. The summed E-state index contributed by atoms with van der Waals surface area (Å²) in [6.07, 6.45) is 20.3. The molecule has 0 aromatic carbocycles. The van der Waals surface area contributed by atoms with E-state index in [-0.39, 0.29) is 16.9 Å². The van der Waals surface area contributed by atoms with Crippen LogP contribution in [-0.4, -0.2) is 16.9 Å². The van der Waals surface area contributed by atoms with Crippen molar-refractivity contribution >= 4 is 21.9 Å². The van der Waals surface area contributed by atoms with Crippen LogP contribution in [0.4, 0.5) is 0 Å². The number of esters is 1. The zero-order chi connectivity index (χ0) is 17.6. The van der Waals surface area contributed by atoms with Crippen molar-refractivity contribution in [2.45, 2.75) is 121 Å². The molecule has 1 fully saturated rings. The monoisotopic (exact) mass is 402 g/mol. The van der Waals surface area contributed by atoms with Crippen molar-refractivity contribution in [1.29, 1.82) is 0 Å². The molecule has 142 valence electrons. The van der Waals surface area contributed by atoms with Crippen LogP contribution < -0.4 is 0 Å². The zero-order valence-corrected chi connectivity index (χ0v) is 17.6. The van der Waals surface area contributed by atoms with Crippen LogP contribution in [0, 0.1) is 5.92 Å². The summed E-state index contributed by atoms with van der Waals surface area (Å²) < 4.78 is 5.52. The molecule has 0 amide bonds. The molecule has 1 rings (SSSR count). The average Bonchev–Trinajstić information content (AvgIpc) is 2.58. The van der Waals surface area contributed by atoms with E-state index < -0.39 is 0 Å². The van der Waals surface area contributed by atoms with Crippen LogP contribution in [0.1, 0.15) is 110 Å². The fourth-order valence-electron chi connectivity index (χ4n) is 3.72. The summed E-state index contributed by atoms with van der Waals surface area (Å²) in [5.41, 5.74) is 0. The Balaban J connectivity index is 1.90. The molecule has 0 radical (unpaired) electrons. The lowest BCUT2D eigenvalue weighted by atomic mass is 9.84. The van der Waals surface area contributed by atoms with Crippen LogP contribution in [0.15, 0.2) is 0 Å². The molecule has 2 nitrogen and oxygen atoms in total. The van der Waals surface area contributed by atoms with Gasteiger partial charge < -0.3 is 4.74 Å². The van der Waals surface area contributed by atoms with Crippen molar-refractivity contribution in [1.82, 2.24) is 0 Å². The topological polar surface area (TPSA) is 26.3 Å². The average molecular weight is 403 g/mol. The van der Waals surface area contributed by atoms with E-state index >= 15 is 0 Å². The van der Waals surface area contributed by atoms with Gasteiger partial charge in [0.05, 0.1) is 0 Å². The molecular formula is C21H39BrO2. The summed E-state index contributed by atoms with van der Waals surface area (Å²) in [5, 5.41) is 0. The maximum atomic E-state index is 11.6. The summed E-state index contributed by atoms with van der Waals surface area (Å²) in [6, 6.07) is 0. The van der Waals surface area contributed by atoms with E-state index in [2.05, 4.69) is 22.9 Å². The van der Waals surface area contributed by atoms with Crippen molar-refractivity contribution in [2.75, 3.05) is 0 Å². The summed E-state index contributed by atoms with van der Waals surface area (Å²) in [7, 11) is 0. The first kappa shape index (κ1) is 22.0. The molecule has 0 aromatic rings. The molecule has 3 heteroatoms. The van der Waals surface area contributed by atoms with Crippen molar-refractivity contribution in [3.8, 4) is 0 Å². The number of carbonyl (C=O) groups is 1. The molecule has 0 N–H and O–H groups in total. The third kappa shape index (κ3) is 10.7. The number of ether oxygens (including phenoxy) is 1. The minimum Gasteiger partial charge on any atom is -0.462 e. The highest BCUT2D eigenvalue weighted by Gasteiger charge is 2.24. The van der Waals surface area contributed by atoms with E-state index in [1.54, 1.807) is 0 Å². The minimum absolute atomic E-state index is 0.104. The highest BCUT2D eigenvalue weighted by molar-refractivity contribution is 9.10. The second-order valence-electron chi connectivity index (χ2n) is 7.67. The summed E-state index contributed by atoms with van der Waals surface area (Å²) in [6.45, 7) is 4.11. The first-order valence-electron chi connectivity index (χ1n) is 10.5. The Morgan fingerprint density at radius 3 is 1.92 bits per heavy atom. The second-order valence-corrected chi connectivity index (χ2v) is 9.04. The Morgan fingerprint density at radius 2 is 1.42 bits per heavy atom. The molecule has 1 unspecified atom stereocenters. The fourth-order valence-corrected chi connectivity index (χ4v) is 3.82. The number of rotatable bonds is 13. The van der Waals surface area contributed by atoms with E-state index in [0.717, 1.165) is 18.8 Å². The molecule has 0 bridgehead atoms. The smallest absolute Gasteiger partial charge is 0.319 e. The van der Waals surface area contributed by atoms with Gasteiger partial charge in [0.15, 0.2) is 0 Å². The first-order chi connectivity index (χ1) is 11.6. The quantitative estimate of drug-likeness (QED) is 0.185. The molecule has 0 aromatic heterocycles. The van der Waals surface area contributed by atoms with Gasteiger partial charge in [-0.3, -0.25) is 4.79 Å². The standard InChI is InChI=1S/C21H39BrO2/c1-3-4-5-6-7-8-9-10-11-12-13-19-14-16-20(17-15-19)24-21(23)18(2)22/h18-20H,3-17H2,1-2H3. The van der Waals surface area contributed by atoms with E-state index in [1.807, 2.05) is 6.92 Å².